The Balaban J connectivity index is 1.87. The Morgan fingerprint density at radius 1 is 1.23 bits per heavy atom. The van der Waals surface area contributed by atoms with E-state index in [2.05, 4.69) is 26.3 Å². The lowest BCUT2D eigenvalue weighted by Gasteiger charge is -2.20. The molecule has 0 aliphatic rings. The first-order valence-electron chi connectivity index (χ1n) is 8.12. The molecule has 0 fully saturated rings. The summed E-state index contributed by atoms with van der Waals surface area (Å²) in [7, 11) is 1.96. The highest BCUT2D eigenvalue weighted by molar-refractivity contribution is 9.10. The number of hydrogen-bond acceptors (Lipinski definition) is 3. The van der Waals surface area contributed by atoms with E-state index in [9.17, 15) is 9.18 Å². The van der Waals surface area contributed by atoms with Gasteiger partial charge in [-0.05, 0) is 59.3 Å². The first-order chi connectivity index (χ1) is 12.5. The van der Waals surface area contributed by atoms with Crippen LogP contribution in [0.25, 0.3) is 5.69 Å². The van der Waals surface area contributed by atoms with Crippen LogP contribution in [0.3, 0.4) is 0 Å². The molecule has 0 aliphatic heterocycles. The van der Waals surface area contributed by atoms with Gasteiger partial charge in [-0.2, -0.15) is 5.10 Å². The molecule has 0 spiro atoms. The molecule has 3 rings (SSSR count). The van der Waals surface area contributed by atoms with E-state index in [1.807, 2.05) is 43.1 Å². The fourth-order valence-corrected chi connectivity index (χ4v) is 2.95. The van der Waals surface area contributed by atoms with Gasteiger partial charge < -0.3 is 10.2 Å². The van der Waals surface area contributed by atoms with Gasteiger partial charge in [-0.3, -0.25) is 4.79 Å². The monoisotopic (exact) mass is 416 g/mol. The number of para-hydroxylation sites is 2. The smallest absolute Gasteiger partial charge is 0.277 e. The predicted octanol–water partition coefficient (Wildman–Crippen LogP) is 4.48. The third-order valence-corrected chi connectivity index (χ3v) is 4.59. The Hall–Kier alpha value is -2.67. The molecule has 0 aliphatic carbocycles. The minimum Gasteiger partial charge on any atom is -0.373 e. The van der Waals surface area contributed by atoms with Crippen LogP contribution in [0.4, 0.5) is 15.8 Å². The van der Waals surface area contributed by atoms with Gasteiger partial charge in [0.15, 0.2) is 5.69 Å². The summed E-state index contributed by atoms with van der Waals surface area (Å²) in [6, 6.07) is 13.5. The van der Waals surface area contributed by atoms with E-state index in [0.29, 0.717) is 15.8 Å². The van der Waals surface area contributed by atoms with Crippen LogP contribution >= 0.6 is 15.9 Å². The highest BCUT2D eigenvalue weighted by Crippen LogP contribution is 2.26. The summed E-state index contributed by atoms with van der Waals surface area (Å²) >= 11 is 3.38. The number of benzene rings is 2. The van der Waals surface area contributed by atoms with Crippen molar-refractivity contribution in [2.45, 2.75) is 6.92 Å². The van der Waals surface area contributed by atoms with Gasteiger partial charge in [-0.25, -0.2) is 9.07 Å². The number of nitrogens with one attached hydrogen (secondary N) is 1. The molecule has 2 aromatic carbocycles. The SMILES string of the molecule is CCN(C)c1ccccc1NC(=O)c1nn(-c2ccc(F)cc2)cc1Br. The topological polar surface area (TPSA) is 50.2 Å². The fraction of sp³-hybridized carbons (Fsp3) is 0.158. The molecule has 1 aromatic heterocycles. The summed E-state index contributed by atoms with van der Waals surface area (Å²) in [6.45, 7) is 2.86. The summed E-state index contributed by atoms with van der Waals surface area (Å²) in [5.74, 6) is -0.649. The lowest BCUT2D eigenvalue weighted by molar-refractivity contribution is 0.102. The Morgan fingerprint density at radius 2 is 1.92 bits per heavy atom. The van der Waals surface area contributed by atoms with Crippen molar-refractivity contribution in [2.75, 3.05) is 23.8 Å². The van der Waals surface area contributed by atoms with E-state index in [-0.39, 0.29) is 17.4 Å². The van der Waals surface area contributed by atoms with Crippen molar-refractivity contribution in [1.82, 2.24) is 9.78 Å². The van der Waals surface area contributed by atoms with Gasteiger partial charge in [0.05, 0.1) is 21.5 Å². The van der Waals surface area contributed by atoms with Crippen molar-refractivity contribution in [3.05, 3.63) is 70.7 Å². The van der Waals surface area contributed by atoms with Gasteiger partial charge in [0.2, 0.25) is 0 Å². The van der Waals surface area contributed by atoms with Crippen molar-refractivity contribution >= 4 is 33.2 Å². The van der Waals surface area contributed by atoms with E-state index >= 15 is 0 Å². The maximum absolute atomic E-state index is 13.1. The largest absolute Gasteiger partial charge is 0.373 e. The second kappa shape index (κ2) is 7.70. The van der Waals surface area contributed by atoms with E-state index < -0.39 is 0 Å². The molecule has 1 heterocycles. The van der Waals surface area contributed by atoms with Crippen molar-refractivity contribution in [1.29, 1.82) is 0 Å². The normalized spacial score (nSPS) is 10.6. The summed E-state index contributed by atoms with van der Waals surface area (Å²) < 4.78 is 15.2. The molecule has 0 radical (unpaired) electrons. The number of carbonyl (C=O) groups is 1. The molecular formula is C19H18BrFN4O. The van der Waals surface area contributed by atoms with Crippen LogP contribution in [0.1, 0.15) is 17.4 Å². The zero-order valence-electron chi connectivity index (χ0n) is 14.4. The first-order valence-corrected chi connectivity index (χ1v) is 8.91. The standard InChI is InChI=1S/C19H18BrFN4O/c1-3-24(2)17-7-5-4-6-16(17)22-19(26)18-15(20)12-25(23-18)14-10-8-13(21)9-11-14/h4-12H,3H2,1-2H3,(H,22,26). The van der Waals surface area contributed by atoms with Crippen molar-refractivity contribution in [2.24, 2.45) is 0 Å². The van der Waals surface area contributed by atoms with Crippen molar-refractivity contribution < 1.29 is 9.18 Å². The second-order valence-electron chi connectivity index (χ2n) is 5.73. The number of nitrogens with zero attached hydrogens (tertiary/aromatic N) is 3. The van der Waals surface area contributed by atoms with Crippen LogP contribution in [0.2, 0.25) is 0 Å². The average molecular weight is 417 g/mol. The Labute approximate surface area is 159 Å². The van der Waals surface area contributed by atoms with Gasteiger partial charge in [-0.1, -0.05) is 12.1 Å². The zero-order chi connectivity index (χ0) is 18.7. The molecule has 7 heteroatoms. The number of hydrogen-bond donors (Lipinski definition) is 1. The van der Waals surface area contributed by atoms with Crippen LogP contribution in [0, 0.1) is 5.82 Å². The van der Waals surface area contributed by atoms with Crippen molar-refractivity contribution in [3.8, 4) is 5.69 Å². The average Bonchev–Trinajstić information content (AvgIpc) is 3.04. The van der Waals surface area contributed by atoms with Crippen LogP contribution in [0.5, 0.6) is 0 Å². The van der Waals surface area contributed by atoms with Crippen LogP contribution in [-0.4, -0.2) is 29.3 Å². The van der Waals surface area contributed by atoms with Gasteiger partial charge in [-0.15, -0.1) is 0 Å². The maximum Gasteiger partial charge on any atom is 0.277 e. The van der Waals surface area contributed by atoms with Crippen LogP contribution in [-0.2, 0) is 0 Å². The number of carbonyl (C=O) groups excluding carboxylic acids is 1. The highest BCUT2D eigenvalue weighted by Gasteiger charge is 2.18. The molecule has 1 N–H and O–H groups in total. The quantitative estimate of drug-likeness (QED) is 0.666. The first kappa shape index (κ1) is 18.1. The molecule has 0 saturated carbocycles. The molecule has 0 unspecified atom stereocenters. The molecule has 134 valence electrons. The number of rotatable bonds is 5. The third-order valence-electron chi connectivity index (χ3n) is 4.01. The summed E-state index contributed by atoms with van der Waals surface area (Å²) in [4.78, 5) is 14.7. The molecule has 1 amide bonds. The van der Waals surface area contributed by atoms with E-state index in [1.54, 1.807) is 18.3 Å². The minimum atomic E-state index is -0.324. The number of halogens is 2. The van der Waals surface area contributed by atoms with E-state index in [0.717, 1.165) is 12.2 Å². The lowest BCUT2D eigenvalue weighted by atomic mass is 10.2. The number of aromatic nitrogens is 2. The highest BCUT2D eigenvalue weighted by atomic mass is 79.9. The number of anilines is 2. The van der Waals surface area contributed by atoms with Gasteiger partial charge >= 0.3 is 0 Å². The second-order valence-corrected chi connectivity index (χ2v) is 6.59. The van der Waals surface area contributed by atoms with E-state index in [4.69, 9.17) is 0 Å². The van der Waals surface area contributed by atoms with Gasteiger partial charge in [0, 0.05) is 19.8 Å². The Bertz CT molecular complexity index is 924. The van der Waals surface area contributed by atoms with Gasteiger partial charge in [0.1, 0.15) is 5.82 Å². The lowest BCUT2D eigenvalue weighted by Crippen LogP contribution is -2.20. The third kappa shape index (κ3) is 3.77. The maximum atomic E-state index is 13.1. The van der Waals surface area contributed by atoms with Crippen LogP contribution in [0.15, 0.2) is 59.2 Å². The Kier molecular flexibility index (Phi) is 5.37. The molecule has 26 heavy (non-hydrogen) atoms. The van der Waals surface area contributed by atoms with Crippen LogP contribution < -0.4 is 10.2 Å². The molecule has 5 nitrogen and oxygen atoms in total. The van der Waals surface area contributed by atoms with Gasteiger partial charge in [0.25, 0.3) is 5.91 Å². The summed E-state index contributed by atoms with van der Waals surface area (Å²) in [6.07, 6.45) is 1.67. The summed E-state index contributed by atoms with van der Waals surface area (Å²) in [5.41, 5.74) is 2.56. The minimum absolute atomic E-state index is 0.253. The molecular weight excluding hydrogens is 399 g/mol. The van der Waals surface area contributed by atoms with E-state index in [1.165, 1.54) is 16.8 Å². The predicted molar refractivity (Wildman–Crippen MR) is 105 cm³/mol. The molecule has 0 saturated heterocycles. The molecule has 0 atom stereocenters. The fourth-order valence-electron chi connectivity index (χ4n) is 2.50. The summed E-state index contributed by atoms with van der Waals surface area (Å²) in [5, 5.41) is 7.23. The number of amides is 1. The molecule has 0 bridgehead atoms. The van der Waals surface area contributed by atoms with Crippen molar-refractivity contribution in [3.63, 3.8) is 0 Å². The Morgan fingerprint density at radius 3 is 2.62 bits per heavy atom. The zero-order valence-corrected chi connectivity index (χ0v) is 16.0. The molecule has 3 aromatic rings.